The first-order valence-electron chi connectivity index (χ1n) is 5.98. The molecule has 17 heavy (non-hydrogen) atoms. The molecular weight excluding hydrogens is 221 g/mol. The fourth-order valence-electron chi connectivity index (χ4n) is 2.48. The topological polar surface area (TPSA) is 43.1 Å². The third kappa shape index (κ3) is 3.25. The van der Waals surface area contributed by atoms with Crippen LogP contribution < -0.4 is 0 Å². The maximum Gasteiger partial charge on any atom is 0.272 e. The minimum absolute atomic E-state index is 0.206. The van der Waals surface area contributed by atoms with E-state index in [4.69, 9.17) is 0 Å². The number of nitrogens with zero attached hydrogens (tertiary/aromatic N) is 1. The molecule has 0 aliphatic heterocycles. The summed E-state index contributed by atoms with van der Waals surface area (Å²) in [6, 6.07) is 3.46. The molecule has 0 aromatic heterocycles. The fourth-order valence-corrected chi connectivity index (χ4v) is 2.48. The van der Waals surface area contributed by atoms with Crippen LogP contribution in [0.5, 0.6) is 0 Å². The molecule has 1 aromatic rings. The number of fused-ring (bicyclic) bond motifs is 1. The molecule has 0 saturated heterocycles. The minimum Gasteiger partial charge on any atom is -0.258 e. The highest BCUT2D eigenvalue weighted by Crippen LogP contribution is 2.51. The van der Waals surface area contributed by atoms with E-state index in [1.54, 1.807) is 26.2 Å². The Morgan fingerprint density at radius 3 is 2.29 bits per heavy atom. The zero-order chi connectivity index (χ0) is 12.4. The number of non-ortho nitro benzene ring substituents is 1. The normalized spacial score (nSPS) is 24.6. The van der Waals surface area contributed by atoms with Crippen LogP contribution in [0.1, 0.15) is 31.2 Å². The number of hydrogen-bond acceptors (Lipinski definition) is 2. The van der Waals surface area contributed by atoms with Gasteiger partial charge in [-0.15, -0.1) is 0 Å². The Bertz CT molecular complexity index is 405. The Balaban J connectivity index is 0.000000148. The average Bonchev–Trinajstić information content (AvgIpc) is 2.85. The second kappa shape index (κ2) is 4.82. The molecule has 2 aliphatic carbocycles. The molecule has 0 amide bonds. The van der Waals surface area contributed by atoms with E-state index in [1.807, 2.05) is 0 Å². The second-order valence-electron chi connectivity index (χ2n) is 4.93. The van der Waals surface area contributed by atoms with Crippen molar-refractivity contribution in [1.29, 1.82) is 0 Å². The van der Waals surface area contributed by atoms with Crippen LogP contribution in [-0.4, -0.2) is 4.92 Å². The predicted molar refractivity (Wildman–Crippen MR) is 63.2 cm³/mol. The van der Waals surface area contributed by atoms with E-state index in [0.717, 1.165) is 6.07 Å². The first-order chi connectivity index (χ1) is 8.06. The van der Waals surface area contributed by atoms with E-state index in [0.29, 0.717) is 5.56 Å². The van der Waals surface area contributed by atoms with Crippen LogP contribution in [0.3, 0.4) is 0 Å². The highest BCUT2D eigenvalue weighted by Gasteiger charge is 2.40. The maximum absolute atomic E-state index is 12.5. The second-order valence-corrected chi connectivity index (χ2v) is 4.93. The van der Waals surface area contributed by atoms with E-state index in [-0.39, 0.29) is 5.69 Å². The maximum atomic E-state index is 12.5. The van der Waals surface area contributed by atoms with Crippen LogP contribution in [-0.2, 0) is 0 Å². The number of hydrogen-bond donors (Lipinski definition) is 0. The van der Waals surface area contributed by atoms with Crippen LogP contribution in [0, 0.1) is 34.7 Å². The van der Waals surface area contributed by atoms with Gasteiger partial charge in [-0.05, 0) is 36.8 Å². The third-order valence-corrected chi connectivity index (χ3v) is 3.46. The van der Waals surface area contributed by atoms with Gasteiger partial charge in [0, 0.05) is 6.07 Å². The Kier molecular flexibility index (Phi) is 3.41. The summed E-state index contributed by atoms with van der Waals surface area (Å²) in [5, 5.41) is 10.1. The van der Waals surface area contributed by atoms with E-state index in [1.165, 1.54) is 30.4 Å². The van der Waals surface area contributed by atoms with Crippen molar-refractivity contribution in [2.45, 2.75) is 32.6 Å². The lowest BCUT2D eigenvalue weighted by atomic mass is 10.2. The van der Waals surface area contributed by atoms with Crippen LogP contribution in [0.25, 0.3) is 0 Å². The molecule has 0 spiro atoms. The van der Waals surface area contributed by atoms with Gasteiger partial charge in [0.05, 0.1) is 11.0 Å². The van der Waals surface area contributed by atoms with Crippen LogP contribution in [0.15, 0.2) is 18.2 Å². The summed E-state index contributed by atoms with van der Waals surface area (Å²) in [5.74, 6) is 1.85. The number of nitro benzene ring substituents is 1. The Morgan fingerprint density at radius 2 is 1.94 bits per heavy atom. The van der Waals surface area contributed by atoms with E-state index in [2.05, 4.69) is 0 Å². The molecule has 0 bridgehead atoms. The van der Waals surface area contributed by atoms with Gasteiger partial charge < -0.3 is 0 Å². The van der Waals surface area contributed by atoms with Gasteiger partial charge >= 0.3 is 0 Å². The number of aryl methyl sites for hydroxylation is 1. The average molecular weight is 237 g/mol. The van der Waals surface area contributed by atoms with Gasteiger partial charge in [0.2, 0.25) is 0 Å². The van der Waals surface area contributed by atoms with Gasteiger partial charge in [0.15, 0.2) is 0 Å². The van der Waals surface area contributed by atoms with Crippen LogP contribution >= 0.6 is 0 Å². The van der Waals surface area contributed by atoms with Crippen LogP contribution in [0.2, 0.25) is 0 Å². The zero-order valence-electron chi connectivity index (χ0n) is 9.86. The van der Waals surface area contributed by atoms with Crippen molar-refractivity contribution in [1.82, 2.24) is 0 Å². The Hall–Kier alpha value is -1.45. The summed E-state index contributed by atoms with van der Waals surface area (Å²) in [7, 11) is 0. The van der Waals surface area contributed by atoms with Crippen molar-refractivity contribution in [3.8, 4) is 0 Å². The molecule has 0 N–H and O–H groups in total. The first kappa shape index (κ1) is 12.0. The number of rotatable bonds is 1. The molecule has 3 nitrogen and oxygen atoms in total. The lowest BCUT2D eigenvalue weighted by Crippen LogP contribution is -1.89. The molecule has 1 aromatic carbocycles. The van der Waals surface area contributed by atoms with Crippen LogP contribution in [0.4, 0.5) is 10.1 Å². The summed E-state index contributed by atoms with van der Waals surface area (Å²) in [5.41, 5.74) is 0.346. The van der Waals surface area contributed by atoms with E-state index >= 15 is 0 Å². The van der Waals surface area contributed by atoms with Gasteiger partial charge in [-0.25, -0.2) is 4.39 Å². The zero-order valence-corrected chi connectivity index (χ0v) is 9.86. The van der Waals surface area contributed by atoms with Crippen molar-refractivity contribution < 1.29 is 9.31 Å². The molecule has 4 heteroatoms. The van der Waals surface area contributed by atoms with E-state index in [9.17, 15) is 14.5 Å². The summed E-state index contributed by atoms with van der Waals surface area (Å²) in [6.07, 6.45) is 6.24. The molecule has 2 aliphatic rings. The monoisotopic (exact) mass is 237 g/mol. The lowest BCUT2D eigenvalue weighted by molar-refractivity contribution is -0.385. The molecule has 2 atom stereocenters. The van der Waals surface area contributed by atoms with Crippen molar-refractivity contribution in [2.24, 2.45) is 11.8 Å². The number of halogens is 1. The molecule has 0 heterocycles. The SMILES string of the molecule is C1CC2CC2C1.Cc1cc(F)cc([N+](=O)[O-])c1. The van der Waals surface area contributed by atoms with Gasteiger partial charge in [-0.2, -0.15) is 0 Å². The summed E-state index contributed by atoms with van der Waals surface area (Å²) in [4.78, 5) is 9.53. The van der Waals surface area contributed by atoms with Gasteiger partial charge in [-0.3, -0.25) is 10.1 Å². The van der Waals surface area contributed by atoms with Crippen molar-refractivity contribution >= 4 is 5.69 Å². The lowest BCUT2D eigenvalue weighted by Gasteiger charge is -1.93. The highest BCUT2D eigenvalue weighted by atomic mass is 19.1. The summed E-state index contributed by atoms with van der Waals surface area (Å²) < 4.78 is 12.5. The van der Waals surface area contributed by atoms with Crippen molar-refractivity contribution in [3.63, 3.8) is 0 Å². The summed E-state index contributed by atoms with van der Waals surface area (Å²) >= 11 is 0. The van der Waals surface area contributed by atoms with Gasteiger partial charge in [0.1, 0.15) is 5.82 Å². The summed E-state index contributed by atoms with van der Waals surface area (Å²) in [6.45, 7) is 1.61. The van der Waals surface area contributed by atoms with Gasteiger partial charge in [0.25, 0.3) is 5.69 Å². The first-order valence-corrected chi connectivity index (χ1v) is 5.98. The quantitative estimate of drug-likeness (QED) is 0.550. The largest absolute Gasteiger partial charge is 0.272 e. The fraction of sp³-hybridized carbons (Fsp3) is 0.538. The van der Waals surface area contributed by atoms with Crippen molar-refractivity contribution in [3.05, 3.63) is 39.7 Å². The van der Waals surface area contributed by atoms with Gasteiger partial charge in [-0.1, -0.05) is 19.3 Å². The molecule has 92 valence electrons. The molecule has 2 saturated carbocycles. The smallest absolute Gasteiger partial charge is 0.258 e. The standard InChI is InChI=1S/C7H6FNO2.C6H10/c1-5-2-6(8)4-7(3-5)9(10)11;1-2-5-4-6(5)3-1/h2-4H,1H3;5-6H,1-4H2. The molecule has 0 radical (unpaired) electrons. The minimum atomic E-state index is -0.615. The van der Waals surface area contributed by atoms with Crippen molar-refractivity contribution in [2.75, 3.05) is 0 Å². The predicted octanol–water partition coefficient (Wildman–Crippen LogP) is 3.85. The Morgan fingerprint density at radius 1 is 1.29 bits per heavy atom. The third-order valence-electron chi connectivity index (χ3n) is 3.46. The molecule has 3 rings (SSSR count). The van der Waals surface area contributed by atoms with E-state index < -0.39 is 10.7 Å². The molecule has 2 unspecified atom stereocenters. The number of nitro groups is 1. The Labute approximate surface area is 99.8 Å². The molecule has 2 fully saturated rings. The molecular formula is C13H16FNO2. The highest BCUT2D eigenvalue weighted by molar-refractivity contribution is 5.34. The number of benzene rings is 1.